The molecule has 2 heterocycles. The Morgan fingerprint density at radius 1 is 1.29 bits per heavy atom. The van der Waals surface area contributed by atoms with Gasteiger partial charge in [-0.15, -0.1) is 0 Å². The standard InChI is InChI=1S/C18H18N2O4/c21-10-3-1-2-5-12-6-4-7-13-14(12)11-20(18(13)24)15-8-9-16(22)19-17(15)23/h4,6-7,15,21H,1,3,8-11H2,(H,19,22,23). The Labute approximate surface area is 139 Å². The van der Waals surface area contributed by atoms with Gasteiger partial charge in [0, 0.05) is 37.1 Å². The van der Waals surface area contributed by atoms with Gasteiger partial charge in [-0.2, -0.15) is 0 Å². The van der Waals surface area contributed by atoms with E-state index in [-0.39, 0.29) is 24.8 Å². The fraction of sp³-hybridized carbons (Fsp3) is 0.389. The highest BCUT2D eigenvalue weighted by molar-refractivity contribution is 6.05. The van der Waals surface area contributed by atoms with Crippen LogP contribution in [-0.2, 0) is 16.1 Å². The van der Waals surface area contributed by atoms with Crippen LogP contribution in [0.4, 0.5) is 0 Å². The van der Waals surface area contributed by atoms with E-state index in [0.717, 1.165) is 11.1 Å². The number of carbonyl (C=O) groups excluding carboxylic acids is 3. The van der Waals surface area contributed by atoms with Crippen molar-refractivity contribution >= 4 is 17.7 Å². The molecule has 6 heteroatoms. The van der Waals surface area contributed by atoms with E-state index in [1.165, 1.54) is 4.90 Å². The fourth-order valence-corrected chi connectivity index (χ4v) is 3.03. The highest BCUT2D eigenvalue weighted by Gasteiger charge is 2.39. The van der Waals surface area contributed by atoms with Crippen molar-refractivity contribution in [1.29, 1.82) is 0 Å². The number of aliphatic hydroxyl groups excluding tert-OH is 1. The van der Waals surface area contributed by atoms with E-state index in [1.54, 1.807) is 12.1 Å². The number of piperidine rings is 1. The average Bonchev–Trinajstić information content (AvgIpc) is 2.89. The third-order valence-corrected chi connectivity index (χ3v) is 4.27. The Hall–Kier alpha value is -2.65. The largest absolute Gasteiger partial charge is 0.396 e. The maximum Gasteiger partial charge on any atom is 0.255 e. The summed E-state index contributed by atoms with van der Waals surface area (Å²) in [5, 5.41) is 11.1. The predicted molar refractivity (Wildman–Crippen MR) is 85.7 cm³/mol. The Morgan fingerprint density at radius 2 is 2.12 bits per heavy atom. The number of aliphatic hydroxyl groups is 1. The van der Waals surface area contributed by atoms with Crippen molar-refractivity contribution in [3.05, 3.63) is 34.9 Å². The van der Waals surface area contributed by atoms with Gasteiger partial charge in [-0.25, -0.2) is 0 Å². The van der Waals surface area contributed by atoms with Crippen molar-refractivity contribution in [2.24, 2.45) is 0 Å². The molecule has 1 unspecified atom stereocenters. The number of benzene rings is 1. The average molecular weight is 326 g/mol. The van der Waals surface area contributed by atoms with Crippen molar-refractivity contribution in [3.63, 3.8) is 0 Å². The van der Waals surface area contributed by atoms with Gasteiger partial charge < -0.3 is 10.0 Å². The molecule has 1 fully saturated rings. The van der Waals surface area contributed by atoms with Crippen LogP contribution in [0.3, 0.4) is 0 Å². The molecule has 0 aliphatic carbocycles. The van der Waals surface area contributed by atoms with Crippen molar-refractivity contribution in [3.8, 4) is 11.8 Å². The molecule has 0 aromatic heterocycles. The first-order valence-electron chi connectivity index (χ1n) is 7.98. The van der Waals surface area contributed by atoms with Crippen LogP contribution in [0.15, 0.2) is 18.2 Å². The zero-order valence-electron chi connectivity index (χ0n) is 13.2. The minimum Gasteiger partial charge on any atom is -0.396 e. The topological polar surface area (TPSA) is 86.7 Å². The summed E-state index contributed by atoms with van der Waals surface area (Å²) in [6.07, 6.45) is 1.79. The molecule has 0 radical (unpaired) electrons. The van der Waals surface area contributed by atoms with Gasteiger partial charge in [0.2, 0.25) is 11.8 Å². The van der Waals surface area contributed by atoms with Crippen LogP contribution in [-0.4, -0.2) is 40.4 Å². The molecule has 124 valence electrons. The Morgan fingerprint density at radius 3 is 2.88 bits per heavy atom. The van der Waals surface area contributed by atoms with Crippen LogP contribution < -0.4 is 5.32 Å². The van der Waals surface area contributed by atoms with Crippen molar-refractivity contribution in [1.82, 2.24) is 10.2 Å². The molecule has 6 nitrogen and oxygen atoms in total. The van der Waals surface area contributed by atoms with Crippen LogP contribution in [0.1, 0.15) is 47.2 Å². The first-order valence-corrected chi connectivity index (χ1v) is 7.98. The van der Waals surface area contributed by atoms with E-state index in [9.17, 15) is 14.4 Å². The number of amides is 3. The number of hydrogen-bond donors (Lipinski definition) is 2. The van der Waals surface area contributed by atoms with Gasteiger partial charge >= 0.3 is 0 Å². The van der Waals surface area contributed by atoms with Gasteiger partial charge in [-0.3, -0.25) is 19.7 Å². The third kappa shape index (κ3) is 3.03. The molecule has 24 heavy (non-hydrogen) atoms. The summed E-state index contributed by atoms with van der Waals surface area (Å²) in [5.74, 6) is 5.13. The second-order valence-electron chi connectivity index (χ2n) is 5.86. The summed E-state index contributed by atoms with van der Waals surface area (Å²) in [5.41, 5.74) is 2.16. The van der Waals surface area contributed by atoms with Gasteiger partial charge in [0.15, 0.2) is 0 Å². The predicted octanol–water partition coefficient (Wildman–Crippen LogP) is 0.572. The minimum atomic E-state index is -0.613. The van der Waals surface area contributed by atoms with E-state index < -0.39 is 11.9 Å². The minimum absolute atomic E-state index is 0.101. The maximum absolute atomic E-state index is 12.6. The molecule has 1 atom stereocenters. The smallest absolute Gasteiger partial charge is 0.255 e. The Bertz CT molecular complexity index is 760. The number of rotatable bonds is 3. The van der Waals surface area contributed by atoms with E-state index in [4.69, 9.17) is 5.11 Å². The van der Waals surface area contributed by atoms with E-state index in [1.807, 2.05) is 6.07 Å². The lowest BCUT2D eigenvalue weighted by molar-refractivity contribution is -0.136. The summed E-state index contributed by atoms with van der Waals surface area (Å²) in [4.78, 5) is 37.5. The van der Waals surface area contributed by atoms with Crippen LogP contribution in [0.5, 0.6) is 0 Å². The van der Waals surface area contributed by atoms with Gasteiger partial charge in [0.25, 0.3) is 5.91 Å². The number of imide groups is 1. The van der Waals surface area contributed by atoms with Gasteiger partial charge in [0.1, 0.15) is 6.04 Å². The van der Waals surface area contributed by atoms with E-state index >= 15 is 0 Å². The normalized spacial score (nSPS) is 19.6. The SMILES string of the molecule is O=C1CCC(N2Cc3c(C#CCCCO)cccc3C2=O)C(=O)N1. The second kappa shape index (κ2) is 6.85. The monoisotopic (exact) mass is 326 g/mol. The molecule has 3 amide bonds. The molecule has 0 spiro atoms. The molecular weight excluding hydrogens is 308 g/mol. The second-order valence-corrected chi connectivity index (χ2v) is 5.86. The lowest BCUT2D eigenvalue weighted by Crippen LogP contribution is -2.52. The molecule has 0 bridgehead atoms. The van der Waals surface area contributed by atoms with E-state index in [2.05, 4.69) is 17.2 Å². The number of nitrogens with one attached hydrogen (secondary N) is 1. The molecule has 2 aliphatic heterocycles. The number of fused-ring (bicyclic) bond motifs is 1. The van der Waals surface area contributed by atoms with Crippen molar-refractivity contribution < 1.29 is 19.5 Å². The first-order chi connectivity index (χ1) is 11.6. The molecule has 1 saturated heterocycles. The van der Waals surface area contributed by atoms with Crippen LogP contribution in [0, 0.1) is 11.8 Å². The number of nitrogens with zero attached hydrogens (tertiary/aromatic N) is 1. The lowest BCUT2D eigenvalue weighted by atomic mass is 10.0. The maximum atomic E-state index is 12.6. The number of carbonyl (C=O) groups is 3. The summed E-state index contributed by atoms with van der Waals surface area (Å²) in [6, 6.07) is 4.76. The zero-order chi connectivity index (χ0) is 17.1. The highest BCUT2D eigenvalue weighted by atomic mass is 16.3. The Balaban J connectivity index is 1.83. The molecule has 2 N–H and O–H groups in total. The molecule has 1 aromatic carbocycles. The third-order valence-electron chi connectivity index (χ3n) is 4.27. The van der Waals surface area contributed by atoms with Crippen LogP contribution >= 0.6 is 0 Å². The first kappa shape index (κ1) is 16.2. The fourth-order valence-electron chi connectivity index (χ4n) is 3.03. The summed E-state index contributed by atoms with van der Waals surface area (Å²) < 4.78 is 0. The van der Waals surface area contributed by atoms with Gasteiger partial charge in [0.05, 0.1) is 0 Å². The molecule has 1 aromatic rings. The van der Waals surface area contributed by atoms with Crippen molar-refractivity contribution in [2.75, 3.05) is 6.61 Å². The number of hydrogen-bond acceptors (Lipinski definition) is 4. The highest BCUT2D eigenvalue weighted by Crippen LogP contribution is 2.29. The summed E-state index contributed by atoms with van der Waals surface area (Å²) in [6.45, 7) is 0.425. The Kier molecular flexibility index (Phi) is 4.63. The molecular formula is C18H18N2O4. The molecule has 0 saturated carbocycles. The van der Waals surface area contributed by atoms with Gasteiger partial charge in [-0.05, 0) is 30.5 Å². The molecule has 3 rings (SSSR count). The molecule has 2 aliphatic rings. The summed E-state index contributed by atoms with van der Waals surface area (Å²) in [7, 11) is 0. The van der Waals surface area contributed by atoms with Crippen LogP contribution in [0.25, 0.3) is 0 Å². The van der Waals surface area contributed by atoms with Crippen LogP contribution in [0.2, 0.25) is 0 Å². The quantitative estimate of drug-likeness (QED) is 0.483. The van der Waals surface area contributed by atoms with Crippen molar-refractivity contribution in [2.45, 2.75) is 38.3 Å². The number of unbranched alkanes of at least 4 members (excludes halogenated alkanes) is 1. The summed E-state index contributed by atoms with van der Waals surface area (Å²) >= 11 is 0. The lowest BCUT2D eigenvalue weighted by Gasteiger charge is -2.29. The van der Waals surface area contributed by atoms with E-state index in [0.29, 0.717) is 31.4 Å². The zero-order valence-corrected chi connectivity index (χ0v) is 13.2. The van der Waals surface area contributed by atoms with Gasteiger partial charge in [-0.1, -0.05) is 17.9 Å².